The summed E-state index contributed by atoms with van der Waals surface area (Å²) in [7, 11) is 1.31. The number of halogens is 3. The zero-order valence-corrected chi connectivity index (χ0v) is 6.54. The summed E-state index contributed by atoms with van der Waals surface area (Å²) in [5.74, 6) is -1.76. The van der Waals surface area contributed by atoms with E-state index in [1.165, 1.54) is 20.9 Å². The average Bonchev–Trinajstić information content (AvgIpc) is 1.84. The molecule has 0 aliphatic heterocycles. The second kappa shape index (κ2) is 2.81. The largest absolute Gasteiger partial charge is 0.451 e. The molecule has 11 heavy (non-hydrogen) atoms. The van der Waals surface area contributed by atoms with E-state index in [1.807, 2.05) is 0 Å². The summed E-state index contributed by atoms with van der Waals surface area (Å²) < 4.78 is 35.2. The topological polar surface area (TPSA) is 29.1 Å². The van der Waals surface area contributed by atoms with E-state index in [2.05, 4.69) is 5.32 Å². The van der Waals surface area contributed by atoms with Gasteiger partial charge < -0.3 is 5.32 Å². The average molecular weight is 169 g/mol. The first-order valence-electron chi connectivity index (χ1n) is 3.02. The van der Waals surface area contributed by atoms with Crippen LogP contribution in [0.15, 0.2) is 0 Å². The van der Waals surface area contributed by atoms with E-state index < -0.39 is 17.5 Å². The first kappa shape index (κ1) is 10.4. The zero-order chi connectivity index (χ0) is 9.28. The molecule has 0 saturated carbocycles. The minimum absolute atomic E-state index is 1.18. The Bertz CT molecular complexity index is 162. The quantitative estimate of drug-likeness (QED) is 0.671. The molecule has 66 valence electrons. The molecule has 0 amide bonds. The number of hydrogen-bond donors (Lipinski definition) is 1. The Morgan fingerprint density at radius 1 is 1.27 bits per heavy atom. The number of hydrogen-bond acceptors (Lipinski definition) is 2. The van der Waals surface area contributed by atoms with Gasteiger partial charge in [0.25, 0.3) is 5.78 Å². The number of Topliss-reactive ketones (excluding diaryl/α,β-unsaturated/α-hetero) is 1. The van der Waals surface area contributed by atoms with E-state index in [0.29, 0.717) is 0 Å². The number of likely N-dealkylation sites (N-methyl/N-ethyl adjacent to an activating group) is 1. The van der Waals surface area contributed by atoms with E-state index in [1.54, 1.807) is 0 Å². The molecule has 0 radical (unpaired) electrons. The van der Waals surface area contributed by atoms with Crippen LogP contribution in [0, 0.1) is 0 Å². The van der Waals surface area contributed by atoms with Crippen molar-refractivity contribution in [2.24, 2.45) is 0 Å². The van der Waals surface area contributed by atoms with Crippen molar-refractivity contribution in [3.8, 4) is 0 Å². The summed E-state index contributed by atoms with van der Waals surface area (Å²) in [4.78, 5) is 10.5. The normalized spacial score (nSPS) is 13.3. The van der Waals surface area contributed by atoms with Crippen LogP contribution in [0.4, 0.5) is 13.2 Å². The molecular weight excluding hydrogens is 159 g/mol. The highest BCUT2D eigenvalue weighted by molar-refractivity contribution is 5.92. The number of ketones is 1. The van der Waals surface area contributed by atoms with Crippen LogP contribution in [0.2, 0.25) is 0 Å². The Morgan fingerprint density at radius 3 is 1.73 bits per heavy atom. The molecule has 0 aromatic heterocycles. The molecule has 0 aromatic rings. The third kappa shape index (κ3) is 2.49. The maximum absolute atomic E-state index is 11.7. The lowest BCUT2D eigenvalue weighted by Crippen LogP contribution is -2.50. The van der Waals surface area contributed by atoms with Gasteiger partial charge in [-0.15, -0.1) is 0 Å². The molecule has 0 heterocycles. The van der Waals surface area contributed by atoms with Crippen molar-refractivity contribution in [2.45, 2.75) is 25.6 Å². The molecule has 0 fully saturated rings. The van der Waals surface area contributed by atoms with Gasteiger partial charge in [-0.05, 0) is 20.9 Å². The van der Waals surface area contributed by atoms with Crippen molar-refractivity contribution >= 4 is 5.78 Å². The summed E-state index contributed by atoms with van der Waals surface area (Å²) in [5.41, 5.74) is -1.53. The molecule has 0 unspecified atom stereocenters. The van der Waals surface area contributed by atoms with Gasteiger partial charge in [-0.25, -0.2) is 0 Å². The van der Waals surface area contributed by atoms with E-state index in [0.717, 1.165) is 0 Å². The number of carbonyl (C=O) groups excluding carboxylic acids is 1. The monoisotopic (exact) mass is 169 g/mol. The highest BCUT2D eigenvalue weighted by Gasteiger charge is 2.46. The lowest BCUT2D eigenvalue weighted by Gasteiger charge is -2.22. The van der Waals surface area contributed by atoms with Gasteiger partial charge >= 0.3 is 6.18 Å². The van der Waals surface area contributed by atoms with E-state index in [-0.39, 0.29) is 0 Å². The van der Waals surface area contributed by atoms with E-state index in [4.69, 9.17) is 0 Å². The number of carbonyl (C=O) groups is 1. The van der Waals surface area contributed by atoms with Crippen LogP contribution >= 0.6 is 0 Å². The van der Waals surface area contributed by atoms with Crippen LogP contribution in [0.5, 0.6) is 0 Å². The van der Waals surface area contributed by atoms with Gasteiger partial charge in [-0.3, -0.25) is 4.79 Å². The molecular formula is C6H10F3NO. The summed E-state index contributed by atoms with van der Waals surface area (Å²) >= 11 is 0. The molecule has 5 heteroatoms. The fourth-order valence-electron chi connectivity index (χ4n) is 0.468. The first-order chi connectivity index (χ1) is 4.72. The van der Waals surface area contributed by atoms with Crippen molar-refractivity contribution in [3.05, 3.63) is 0 Å². The highest BCUT2D eigenvalue weighted by atomic mass is 19.4. The number of rotatable bonds is 2. The predicted molar refractivity (Wildman–Crippen MR) is 34.2 cm³/mol. The van der Waals surface area contributed by atoms with Gasteiger partial charge in [0.15, 0.2) is 0 Å². The second-order valence-electron chi connectivity index (χ2n) is 2.70. The SMILES string of the molecule is CNC(C)(C)C(=O)C(F)(F)F. The molecule has 0 saturated heterocycles. The summed E-state index contributed by atoms with van der Waals surface area (Å²) in [6.45, 7) is 2.37. The minimum Gasteiger partial charge on any atom is -0.308 e. The van der Waals surface area contributed by atoms with Crippen LogP contribution in [0.3, 0.4) is 0 Å². The Balaban J connectivity index is 4.50. The summed E-state index contributed by atoms with van der Waals surface area (Å²) in [6.07, 6.45) is -4.76. The van der Waals surface area contributed by atoms with Crippen LogP contribution in [0.1, 0.15) is 13.8 Å². The fraction of sp³-hybridized carbons (Fsp3) is 0.833. The molecule has 1 N–H and O–H groups in total. The standard InChI is InChI=1S/C6H10F3NO/c1-5(2,10-3)4(11)6(7,8)9/h10H,1-3H3. The first-order valence-corrected chi connectivity index (χ1v) is 3.02. The number of alkyl halides is 3. The van der Waals surface area contributed by atoms with E-state index in [9.17, 15) is 18.0 Å². The molecule has 2 nitrogen and oxygen atoms in total. The van der Waals surface area contributed by atoms with Gasteiger partial charge in [0, 0.05) is 0 Å². The summed E-state index contributed by atoms with van der Waals surface area (Å²) in [5, 5.41) is 2.28. The van der Waals surface area contributed by atoms with Gasteiger partial charge in [-0.1, -0.05) is 0 Å². The maximum Gasteiger partial charge on any atom is 0.451 e. The van der Waals surface area contributed by atoms with Crippen LogP contribution in [0.25, 0.3) is 0 Å². The molecule has 0 spiro atoms. The molecule has 0 aliphatic carbocycles. The Kier molecular flexibility index (Phi) is 2.66. The van der Waals surface area contributed by atoms with Gasteiger partial charge in [0.1, 0.15) is 0 Å². The van der Waals surface area contributed by atoms with Crippen molar-refractivity contribution in [1.82, 2.24) is 5.32 Å². The third-order valence-corrected chi connectivity index (χ3v) is 1.45. The molecule has 0 bridgehead atoms. The van der Waals surface area contributed by atoms with Crippen molar-refractivity contribution in [1.29, 1.82) is 0 Å². The van der Waals surface area contributed by atoms with Crippen LogP contribution < -0.4 is 5.32 Å². The van der Waals surface area contributed by atoms with E-state index >= 15 is 0 Å². The van der Waals surface area contributed by atoms with Gasteiger partial charge in [-0.2, -0.15) is 13.2 Å². The Labute approximate surface area is 62.8 Å². The Hall–Kier alpha value is -0.580. The molecule has 0 atom stereocenters. The van der Waals surface area contributed by atoms with Gasteiger partial charge in [0.05, 0.1) is 5.54 Å². The maximum atomic E-state index is 11.7. The van der Waals surface area contributed by atoms with Crippen molar-refractivity contribution < 1.29 is 18.0 Å². The second-order valence-corrected chi connectivity index (χ2v) is 2.70. The summed E-state index contributed by atoms with van der Waals surface area (Å²) in [6, 6.07) is 0. The molecule has 0 aromatic carbocycles. The van der Waals surface area contributed by atoms with Crippen molar-refractivity contribution in [2.75, 3.05) is 7.05 Å². The van der Waals surface area contributed by atoms with Crippen molar-refractivity contribution in [3.63, 3.8) is 0 Å². The van der Waals surface area contributed by atoms with Crippen LogP contribution in [-0.4, -0.2) is 24.5 Å². The smallest absolute Gasteiger partial charge is 0.308 e. The fourth-order valence-corrected chi connectivity index (χ4v) is 0.468. The predicted octanol–water partition coefficient (Wildman–Crippen LogP) is 1.12. The Morgan fingerprint density at radius 2 is 1.64 bits per heavy atom. The highest BCUT2D eigenvalue weighted by Crippen LogP contribution is 2.22. The lowest BCUT2D eigenvalue weighted by atomic mass is 9.99. The van der Waals surface area contributed by atoms with Crippen LogP contribution in [-0.2, 0) is 4.79 Å². The molecule has 0 aliphatic rings. The zero-order valence-electron chi connectivity index (χ0n) is 6.54. The minimum atomic E-state index is -4.76. The number of nitrogens with one attached hydrogen (secondary N) is 1. The van der Waals surface area contributed by atoms with Gasteiger partial charge in [0.2, 0.25) is 0 Å². The lowest BCUT2D eigenvalue weighted by molar-refractivity contribution is -0.176. The third-order valence-electron chi connectivity index (χ3n) is 1.45. The molecule has 0 rings (SSSR count).